The summed E-state index contributed by atoms with van der Waals surface area (Å²) in [6.07, 6.45) is 1.03. The molecule has 0 aromatic heterocycles. The van der Waals surface area contributed by atoms with Gasteiger partial charge in [0.25, 0.3) is 0 Å². The maximum Gasteiger partial charge on any atom is 0.191 e. The van der Waals surface area contributed by atoms with Crippen LogP contribution >= 0.6 is 24.0 Å². The SMILES string of the molecule is CN=C(NCCCOC(C)c1ccccc1)NCc1ccccc1COC.I. The fourth-order valence-electron chi connectivity index (χ4n) is 2.79. The lowest BCUT2D eigenvalue weighted by atomic mass is 10.1. The number of methoxy groups -OCH3 is 1. The fourth-order valence-corrected chi connectivity index (χ4v) is 2.79. The molecule has 154 valence electrons. The van der Waals surface area contributed by atoms with Gasteiger partial charge in [0.05, 0.1) is 12.7 Å². The van der Waals surface area contributed by atoms with Gasteiger partial charge in [-0.25, -0.2) is 0 Å². The van der Waals surface area contributed by atoms with E-state index in [1.165, 1.54) is 16.7 Å². The second-order valence-corrected chi connectivity index (χ2v) is 6.33. The molecule has 0 saturated heterocycles. The Labute approximate surface area is 186 Å². The first-order chi connectivity index (χ1) is 13.2. The second kappa shape index (κ2) is 14.4. The van der Waals surface area contributed by atoms with E-state index in [0.29, 0.717) is 19.8 Å². The quantitative estimate of drug-likeness (QED) is 0.223. The molecule has 2 aromatic carbocycles. The van der Waals surface area contributed by atoms with E-state index in [2.05, 4.69) is 46.8 Å². The van der Waals surface area contributed by atoms with Gasteiger partial charge in [0, 0.05) is 33.9 Å². The lowest BCUT2D eigenvalue weighted by Crippen LogP contribution is -2.37. The molecule has 0 radical (unpaired) electrons. The van der Waals surface area contributed by atoms with Gasteiger partial charge in [-0.3, -0.25) is 4.99 Å². The minimum Gasteiger partial charge on any atom is -0.380 e. The van der Waals surface area contributed by atoms with E-state index >= 15 is 0 Å². The smallest absolute Gasteiger partial charge is 0.191 e. The van der Waals surface area contributed by atoms with Gasteiger partial charge >= 0.3 is 0 Å². The monoisotopic (exact) mass is 497 g/mol. The Balaban J connectivity index is 0.00000392. The first-order valence-corrected chi connectivity index (χ1v) is 9.41. The number of ether oxygens (including phenoxy) is 2. The van der Waals surface area contributed by atoms with Gasteiger partial charge in [0.15, 0.2) is 5.96 Å². The molecule has 0 spiro atoms. The van der Waals surface area contributed by atoms with Crippen molar-refractivity contribution in [3.8, 4) is 0 Å². The van der Waals surface area contributed by atoms with Crippen molar-refractivity contribution in [1.29, 1.82) is 0 Å². The van der Waals surface area contributed by atoms with Crippen LogP contribution in [0.5, 0.6) is 0 Å². The normalized spacial score (nSPS) is 12.2. The zero-order valence-electron chi connectivity index (χ0n) is 17.0. The number of aliphatic imine (C=N–C) groups is 1. The molecule has 2 rings (SSSR count). The largest absolute Gasteiger partial charge is 0.380 e. The minimum atomic E-state index is 0. The molecule has 0 amide bonds. The number of rotatable bonds is 10. The first kappa shape index (κ1) is 24.4. The summed E-state index contributed by atoms with van der Waals surface area (Å²) in [5.74, 6) is 0.790. The maximum atomic E-state index is 5.90. The third-order valence-electron chi connectivity index (χ3n) is 4.34. The summed E-state index contributed by atoms with van der Waals surface area (Å²) < 4.78 is 11.2. The van der Waals surface area contributed by atoms with Crippen molar-refractivity contribution in [2.24, 2.45) is 4.99 Å². The fraction of sp³-hybridized carbons (Fsp3) is 0.409. The number of hydrogen-bond donors (Lipinski definition) is 2. The molecule has 2 N–H and O–H groups in total. The minimum absolute atomic E-state index is 0. The van der Waals surface area contributed by atoms with Crippen LogP contribution in [0.1, 0.15) is 36.1 Å². The number of halogens is 1. The lowest BCUT2D eigenvalue weighted by Gasteiger charge is -2.15. The number of benzene rings is 2. The molecule has 2 aromatic rings. The molecule has 5 nitrogen and oxygen atoms in total. The average Bonchev–Trinajstić information content (AvgIpc) is 2.71. The molecule has 0 fully saturated rings. The van der Waals surface area contributed by atoms with Crippen molar-refractivity contribution in [1.82, 2.24) is 10.6 Å². The summed E-state index contributed by atoms with van der Waals surface area (Å²) in [6.45, 7) is 4.92. The van der Waals surface area contributed by atoms with E-state index in [-0.39, 0.29) is 30.1 Å². The van der Waals surface area contributed by atoms with Crippen molar-refractivity contribution in [3.05, 3.63) is 71.3 Å². The molecule has 28 heavy (non-hydrogen) atoms. The highest BCUT2D eigenvalue weighted by Crippen LogP contribution is 2.15. The summed E-state index contributed by atoms with van der Waals surface area (Å²) >= 11 is 0. The van der Waals surface area contributed by atoms with E-state index in [1.807, 2.05) is 30.3 Å². The van der Waals surface area contributed by atoms with Crippen LogP contribution < -0.4 is 10.6 Å². The van der Waals surface area contributed by atoms with Crippen molar-refractivity contribution >= 4 is 29.9 Å². The third kappa shape index (κ3) is 8.58. The van der Waals surface area contributed by atoms with E-state index in [9.17, 15) is 0 Å². The summed E-state index contributed by atoms with van der Waals surface area (Å²) in [4.78, 5) is 4.28. The van der Waals surface area contributed by atoms with Gasteiger partial charge in [-0.2, -0.15) is 0 Å². The molecular formula is C22H32IN3O2. The summed E-state index contributed by atoms with van der Waals surface area (Å²) in [5.41, 5.74) is 3.60. The van der Waals surface area contributed by atoms with Crippen LogP contribution in [0.2, 0.25) is 0 Å². The van der Waals surface area contributed by atoms with E-state index in [4.69, 9.17) is 9.47 Å². The molecule has 1 unspecified atom stereocenters. The molecule has 1 atom stereocenters. The standard InChI is InChI=1S/C22H31N3O2.HI/c1-18(19-10-5-4-6-11-19)27-15-9-14-24-22(23-2)25-16-20-12-7-8-13-21(20)17-26-3;/h4-8,10-13,18H,9,14-17H2,1-3H3,(H2,23,24,25);1H. The van der Waals surface area contributed by atoms with Crippen LogP contribution in [0.3, 0.4) is 0 Å². The Bertz CT molecular complexity index is 695. The average molecular weight is 497 g/mol. The molecule has 0 aliphatic heterocycles. The van der Waals surface area contributed by atoms with Gasteiger partial charge in [0.1, 0.15) is 0 Å². The predicted molar refractivity (Wildman–Crippen MR) is 126 cm³/mol. The van der Waals surface area contributed by atoms with Gasteiger partial charge < -0.3 is 20.1 Å². The molecular weight excluding hydrogens is 465 g/mol. The Morgan fingerprint density at radius 3 is 2.36 bits per heavy atom. The highest BCUT2D eigenvalue weighted by atomic mass is 127. The van der Waals surface area contributed by atoms with Crippen LogP contribution in [-0.4, -0.2) is 33.3 Å². The number of nitrogens with one attached hydrogen (secondary N) is 2. The summed E-state index contributed by atoms with van der Waals surface area (Å²) in [5, 5.41) is 6.68. The second-order valence-electron chi connectivity index (χ2n) is 6.33. The predicted octanol–water partition coefficient (Wildman–Crippen LogP) is 4.28. The van der Waals surface area contributed by atoms with Gasteiger partial charge in [0.2, 0.25) is 0 Å². The highest BCUT2D eigenvalue weighted by molar-refractivity contribution is 14.0. The molecule has 0 bridgehead atoms. The Hall–Kier alpha value is -1.64. The molecule has 0 saturated carbocycles. The number of guanidine groups is 1. The van der Waals surface area contributed by atoms with Crippen LogP contribution in [0.15, 0.2) is 59.6 Å². The molecule has 0 aliphatic carbocycles. The molecule has 6 heteroatoms. The van der Waals surface area contributed by atoms with Crippen LogP contribution in [0.25, 0.3) is 0 Å². The van der Waals surface area contributed by atoms with Crippen molar-refractivity contribution in [2.45, 2.75) is 32.6 Å². The van der Waals surface area contributed by atoms with Crippen molar-refractivity contribution < 1.29 is 9.47 Å². The van der Waals surface area contributed by atoms with Gasteiger partial charge in [-0.15, -0.1) is 24.0 Å². The first-order valence-electron chi connectivity index (χ1n) is 9.41. The topological polar surface area (TPSA) is 54.9 Å². The summed E-state index contributed by atoms with van der Waals surface area (Å²) in [6, 6.07) is 18.5. The molecule has 0 heterocycles. The number of hydrogen-bond acceptors (Lipinski definition) is 3. The Morgan fingerprint density at radius 2 is 1.68 bits per heavy atom. The van der Waals surface area contributed by atoms with Crippen molar-refractivity contribution in [3.63, 3.8) is 0 Å². The van der Waals surface area contributed by atoms with Crippen LogP contribution in [0.4, 0.5) is 0 Å². The van der Waals surface area contributed by atoms with Crippen molar-refractivity contribution in [2.75, 3.05) is 27.3 Å². The maximum absolute atomic E-state index is 5.90. The van der Waals surface area contributed by atoms with E-state index in [0.717, 1.165) is 18.9 Å². The van der Waals surface area contributed by atoms with E-state index < -0.39 is 0 Å². The van der Waals surface area contributed by atoms with E-state index in [1.54, 1.807) is 14.2 Å². The van der Waals surface area contributed by atoms with Crippen LogP contribution in [-0.2, 0) is 22.6 Å². The molecule has 0 aliphatic rings. The zero-order chi connectivity index (χ0) is 19.3. The Kier molecular flexibility index (Phi) is 12.5. The summed E-state index contributed by atoms with van der Waals surface area (Å²) in [7, 11) is 3.50. The van der Waals surface area contributed by atoms with Gasteiger partial charge in [-0.05, 0) is 30.0 Å². The van der Waals surface area contributed by atoms with Gasteiger partial charge in [-0.1, -0.05) is 54.6 Å². The lowest BCUT2D eigenvalue weighted by molar-refractivity contribution is 0.0646. The Morgan fingerprint density at radius 1 is 1.00 bits per heavy atom. The number of nitrogens with zero attached hydrogens (tertiary/aromatic N) is 1. The van der Waals surface area contributed by atoms with Crippen LogP contribution in [0, 0.1) is 0 Å². The third-order valence-corrected chi connectivity index (χ3v) is 4.34. The highest BCUT2D eigenvalue weighted by Gasteiger charge is 2.05. The zero-order valence-corrected chi connectivity index (χ0v) is 19.3.